The fourth-order valence-electron chi connectivity index (χ4n) is 6.46. The van der Waals surface area contributed by atoms with Crippen molar-refractivity contribution in [2.45, 2.75) is 70.0 Å². The third kappa shape index (κ3) is 4.89. The van der Waals surface area contributed by atoms with E-state index in [1.54, 1.807) is 36.1 Å². The van der Waals surface area contributed by atoms with E-state index in [0.29, 0.717) is 30.1 Å². The highest BCUT2D eigenvalue weighted by atomic mass is 32.1. The molecule has 0 saturated heterocycles. The van der Waals surface area contributed by atoms with Crippen molar-refractivity contribution in [2.24, 2.45) is 5.92 Å². The lowest BCUT2D eigenvalue weighted by molar-refractivity contribution is -0.127. The zero-order chi connectivity index (χ0) is 28.9. The second-order valence-electron chi connectivity index (χ2n) is 11.4. The zero-order valence-corrected chi connectivity index (χ0v) is 23.9. The van der Waals surface area contributed by atoms with Gasteiger partial charge in [0.15, 0.2) is 0 Å². The summed E-state index contributed by atoms with van der Waals surface area (Å²) in [5.41, 5.74) is 1.23. The number of rotatable bonds is 9. The van der Waals surface area contributed by atoms with Gasteiger partial charge >= 0.3 is 0 Å². The number of fused-ring (bicyclic) bond motifs is 1. The van der Waals surface area contributed by atoms with Gasteiger partial charge in [-0.2, -0.15) is 19.1 Å². The molecule has 0 radical (unpaired) electrons. The van der Waals surface area contributed by atoms with Crippen molar-refractivity contribution in [3.8, 4) is 17.2 Å². The largest absolute Gasteiger partial charge is 0.333 e. The maximum absolute atomic E-state index is 15.7. The number of thiophene rings is 1. The molecule has 7 rings (SSSR count). The lowest BCUT2D eigenvalue weighted by Gasteiger charge is -2.62. The fourth-order valence-corrected chi connectivity index (χ4v) is 7.50. The monoisotopic (exact) mass is 579 g/mol. The third-order valence-corrected chi connectivity index (χ3v) is 9.88. The van der Waals surface area contributed by atoms with Gasteiger partial charge in [-0.25, -0.2) is 4.39 Å². The molecule has 1 atom stereocenters. The van der Waals surface area contributed by atoms with Gasteiger partial charge in [0.05, 0.1) is 6.54 Å². The number of hydrogen-bond acceptors (Lipinski definition) is 5. The first kappa shape index (κ1) is 27.7. The van der Waals surface area contributed by atoms with Crippen LogP contribution in [0.4, 0.5) is 13.2 Å². The molecule has 1 amide bonds. The number of hydrogen-bond donors (Lipinski definition) is 1. The highest BCUT2D eigenvalue weighted by molar-refractivity contribution is 7.12. The third-order valence-electron chi connectivity index (χ3n) is 8.84. The molecule has 10 heteroatoms. The topological polar surface area (TPSA) is 74.0 Å². The summed E-state index contributed by atoms with van der Waals surface area (Å²) in [7, 11) is 0. The van der Waals surface area contributed by atoms with Gasteiger partial charge in [-0.3, -0.25) is 9.48 Å². The van der Waals surface area contributed by atoms with E-state index < -0.39 is 29.8 Å². The maximum atomic E-state index is 15.7. The second kappa shape index (κ2) is 10.4. The van der Waals surface area contributed by atoms with Crippen LogP contribution in [0.25, 0.3) is 11.1 Å². The molecule has 3 heterocycles. The van der Waals surface area contributed by atoms with Crippen molar-refractivity contribution in [1.29, 1.82) is 5.26 Å². The Balaban J connectivity index is 1.36. The number of halogens is 3. The molecule has 1 aromatic carbocycles. The van der Waals surface area contributed by atoms with Gasteiger partial charge in [0.1, 0.15) is 22.5 Å². The van der Waals surface area contributed by atoms with E-state index in [1.807, 2.05) is 6.08 Å². The van der Waals surface area contributed by atoms with Crippen molar-refractivity contribution in [1.82, 2.24) is 20.0 Å². The molecular weight excluding hydrogens is 547 g/mol. The van der Waals surface area contributed by atoms with Gasteiger partial charge in [-0.15, -0.1) is 11.3 Å². The van der Waals surface area contributed by atoms with E-state index in [0.717, 1.165) is 16.4 Å². The van der Waals surface area contributed by atoms with Crippen LogP contribution in [0.15, 0.2) is 42.6 Å². The first-order valence-electron chi connectivity index (χ1n) is 14.1. The Bertz CT molecular complexity index is 1550. The smallest absolute Gasteiger partial charge is 0.291 e. The van der Waals surface area contributed by atoms with E-state index in [-0.39, 0.29) is 29.1 Å². The summed E-state index contributed by atoms with van der Waals surface area (Å²) < 4.78 is 47.3. The number of carbonyl (C=O) groups excluding carboxylic acids is 1. The summed E-state index contributed by atoms with van der Waals surface area (Å²) in [6.45, 7) is 4.69. The number of carbonyl (C=O) groups is 1. The van der Waals surface area contributed by atoms with Gasteiger partial charge in [0.25, 0.3) is 5.92 Å². The molecular formula is C31H32F3N5OS. The molecule has 2 aromatic heterocycles. The molecule has 0 spiro atoms. The van der Waals surface area contributed by atoms with Crippen LogP contribution in [0, 0.1) is 23.1 Å². The van der Waals surface area contributed by atoms with E-state index in [9.17, 15) is 10.1 Å². The van der Waals surface area contributed by atoms with Gasteiger partial charge in [0, 0.05) is 65.8 Å². The normalized spacial score (nSPS) is 23.2. The van der Waals surface area contributed by atoms with Crippen LogP contribution < -0.4 is 5.32 Å². The van der Waals surface area contributed by atoms with E-state index >= 15 is 13.2 Å². The molecule has 3 aromatic rings. The van der Waals surface area contributed by atoms with Gasteiger partial charge < -0.3 is 10.2 Å². The Morgan fingerprint density at radius 3 is 2.73 bits per heavy atom. The number of aromatic nitrogens is 2. The Labute approximate surface area is 241 Å². The van der Waals surface area contributed by atoms with Crippen LogP contribution in [0.3, 0.4) is 0 Å². The minimum atomic E-state index is -3.25. The predicted molar refractivity (Wildman–Crippen MR) is 151 cm³/mol. The number of nitriles is 1. The first-order valence-corrected chi connectivity index (χ1v) is 15.0. The number of benzene rings is 1. The lowest BCUT2D eigenvalue weighted by atomic mass is 9.50. The minimum Gasteiger partial charge on any atom is -0.333 e. The van der Waals surface area contributed by atoms with Crippen LogP contribution in [0.2, 0.25) is 0 Å². The number of nitrogens with zero attached hydrogens (tertiary/aromatic N) is 4. The van der Waals surface area contributed by atoms with Crippen molar-refractivity contribution < 1.29 is 18.0 Å². The molecule has 0 unspecified atom stereocenters. The fraction of sp³-hybridized carbons (Fsp3) is 0.452. The van der Waals surface area contributed by atoms with E-state index in [2.05, 4.69) is 16.5 Å². The average Bonchev–Trinajstić information content (AvgIpc) is 3.55. The van der Waals surface area contributed by atoms with Gasteiger partial charge in [-0.1, -0.05) is 25.1 Å². The number of amides is 1. The van der Waals surface area contributed by atoms with Crippen molar-refractivity contribution in [2.75, 3.05) is 13.1 Å². The van der Waals surface area contributed by atoms with Crippen molar-refractivity contribution in [3.63, 3.8) is 0 Å². The highest BCUT2D eigenvalue weighted by Gasteiger charge is 2.55. The molecule has 6 nitrogen and oxygen atoms in total. The molecule has 3 aliphatic carbocycles. The summed E-state index contributed by atoms with van der Waals surface area (Å²) in [5.74, 6) is -3.70. The summed E-state index contributed by atoms with van der Waals surface area (Å²) in [5, 5.41) is 17.3. The molecule has 4 aliphatic rings. The Morgan fingerprint density at radius 2 is 2.07 bits per heavy atom. The van der Waals surface area contributed by atoms with Crippen LogP contribution in [0.5, 0.6) is 0 Å². The summed E-state index contributed by atoms with van der Waals surface area (Å²) >= 11 is 1.31. The van der Waals surface area contributed by atoms with Crippen LogP contribution in [-0.4, -0.2) is 39.2 Å². The highest BCUT2D eigenvalue weighted by Crippen LogP contribution is 2.56. The SMILES string of the molecule is CCn1cc(-c2c(F)cccc2[C@@H]2CN(C(=O)/C=C/CNC34CC(C3)C4)Cc3sc(C#N)cc32)c(C(F)(F)CC)n1. The number of nitrogens with one attached hydrogen (secondary N) is 1. The van der Waals surface area contributed by atoms with E-state index in [1.165, 1.54) is 54.5 Å². The quantitative estimate of drug-likeness (QED) is 0.301. The Kier molecular flexibility index (Phi) is 7.07. The predicted octanol–water partition coefficient (Wildman–Crippen LogP) is 6.32. The zero-order valence-electron chi connectivity index (χ0n) is 23.1. The van der Waals surface area contributed by atoms with Crippen LogP contribution in [0.1, 0.15) is 72.0 Å². The molecule has 2 bridgehead atoms. The molecule has 3 saturated carbocycles. The lowest BCUT2D eigenvalue weighted by Crippen LogP contribution is -2.66. The molecule has 1 aliphatic heterocycles. The summed E-state index contributed by atoms with van der Waals surface area (Å²) in [6.07, 6.45) is 8.05. The van der Waals surface area contributed by atoms with Gasteiger partial charge in [0.2, 0.25) is 5.91 Å². The molecule has 41 heavy (non-hydrogen) atoms. The second-order valence-corrected chi connectivity index (χ2v) is 12.6. The maximum Gasteiger partial charge on any atom is 0.291 e. The molecule has 214 valence electrons. The van der Waals surface area contributed by atoms with Crippen molar-refractivity contribution >= 4 is 17.2 Å². The Morgan fingerprint density at radius 1 is 1.29 bits per heavy atom. The summed E-state index contributed by atoms with van der Waals surface area (Å²) in [6, 6.07) is 8.51. The van der Waals surface area contributed by atoms with Gasteiger partial charge in [-0.05, 0) is 55.4 Å². The minimum absolute atomic E-state index is 0.0482. The first-order chi connectivity index (χ1) is 19.7. The van der Waals surface area contributed by atoms with E-state index in [4.69, 9.17) is 0 Å². The van der Waals surface area contributed by atoms with Crippen LogP contribution in [-0.2, 0) is 23.8 Å². The number of aryl methyl sites for hydroxylation is 1. The van der Waals surface area contributed by atoms with Crippen LogP contribution >= 0.6 is 11.3 Å². The number of alkyl halides is 2. The Hall–Kier alpha value is -3.42. The van der Waals surface area contributed by atoms with Crippen molar-refractivity contribution in [3.05, 3.63) is 75.0 Å². The molecule has 3 fully saturated rings. The standard InChI is InChI=1S/C31H32F3N5OS/c1-3-31(33,34)29-24(17-39(4-2)37-29)28-21(7-5-8-25(28)32)23-16-38(18-26-22(23)11-20(15-35)41-26)27(40)9-6-10-36-30-12-19(13-30)14-30/h5-9,11,17,19,23,36H,3-4,10,12-14,16,18H2,1-2H3/b9-6+/t19?,23-,30?/m0/s1. The molecule has 1 N–H and O–H groups in total. The average molecular weight is 580 g/mol. The summed E-state index contributed by atoms with van der Waals surface area (Å²) in [4.78, 5) is 16.3.